The van der Waals surface area contributed by atoms with E-state index >= 15 is 0 Å². The second-order valence-corrected chi connectivity index (χ2v) is 7.15. The second kappa shape index (κ2) is 6.51. The SMILES string of the molecule is CC(=O)NCCn1nc(C2CCN(CC3CC3)C2)c2cccnc21. The molecule has 1 atom stereocenters. The molecular weight excluding hydrogens is 302 g/mol. The zero-order valence-electron chi connectivity index (χ0n) is 14.2. The van der Waals surface area contributed by atoms with E-state index in [0.29, 0.717) is 19.0 Å². The highest BCUT2D eigenvalue weighted by atomic mass is 16.1. The zero-order chi connectivity index (χ0) is 16.5. The summed E-state index contributed by atoms with van der Waals surface area (Å²) in [4.78, 5) is 18.2. The molecule has 1 aliphatic carbocycles. The first-order valence-electron chi connectivity index (χ1n) is 8.99. The highest BCUT2D eigenvalue weighted by Gasteiger charge is 2.32. The molecule has 1 unspecified atom stereocenters. The smallest absolute Gasteiger partial charge is 0.216 e. The molecule has 0 radical (unpaired) electrons. The summed E-state index contributed by atoms with van der Waals surface area (Å²) in [5.41, 5.74) is 2.11. The first-order chi connectivity index (χ1) is 11.7. The van der Waals surface area contributed by atoms with Gasteiger partial charge in [-0.15, -0.1) is 0 Å². The van der Waals surface area contributed by atoms with Crippen LogP contribution in [0.2, 0.25) is 0 Å². The van der Waals surface area contributed by atoms with Crippen LogP contribution in [0.25, 0.3) is 11.0 Å². The molecule has 2 aliphatic rings. The fourth-order valence-corrected chi connectivity index (χ4v) is 3.72. The molecule has 24 heavy (non-hydrogen) atoms. The van der Waals surface area contributed by atoms with Crippen LogP contribution in [0.15, 0.2) is 18.3 Å². The van der Waals surface area contributed by atoms with Gasteiger partial charge in [0.05, 0.1) is 12.2 Å². The Kier molecular flexibility index (Phi) is 4.22. The van der Waals surface area contributed by atoms with Gasteiger partial charge in [-0.2, -0.15) is 5.10 Å². The van der Waals surface area contributed by atoms with Crippen LogP contribution in [0.5, 0.6) is 0 Å². The number of hydrogen-bond donors (Lipinski definition) is 1. The predicted octanol–water partition coefficient (Wildman–Crippen LogP) is 1.77. The Bertz CT molecular complexity index is 736. The Morgan fingerprint density at radius 3 is 3.04 bits per heavy atom. The topological polar surface area (TPSA) is 63.1 Å². The quantitative estimate of drug-likeness (QED) is 0.878. The number of fused-ring (bicyclic) bond motifs is 1. The lowest BCUT2D eigenvalue weighted by Gasteiger charge is -2.14. The molecule has 4 rings (SSSR count). The van der Waals surface area contributed by atoms with E-state index in [-0.39, 0.29) is 5.91 Å². The van der Waals surface area contributed by atoms with Gasteiger partial charge in [0.15, 0.2) is 5.65 Å². The molecule has 0 bridgehead atoms. The normalized spacial score (nSPS) is 21.5. The zero-order valence-corrected chi connectivity index (χ0v) is 14.2. The molecular formula is C18H25N5O. The minimum Gasteiger partial charge on any atom is -0.354 e. The first-order valence-corrected chi connectivity index (χ1v) is 8.99. The predicted molar refractivity (Wildman–Crippen MR) is 92.7 cm³/mol. The van der Waals surface area contributed by atoms with E-state index in [2.05, 4.69) is 21.3 Å². The Balaban J connectivity index is 1.53. The molecule has 1 saturated carbocycles. The van der Waals surface area contributed by atoms with Crippen molar-refractivity contribution in [2.45, 2.75) is 38.6 Å². The third-order valence-corrected chi connectivity index (χ3v) is 5.11. The summed E-state index contributed by atoms with van der Waals surface area (Å²) in [5, 5.41) is 8.88. The van der Waals surface area contributed by atoms with Gasteiger partial charge in [-0.1, -0.05) is 0 Å². The molecule has 2 aromatic rings. The minimum atomic E-state index is -0.00819. The lowest BCUT2D eigenvalue weighted by Crippen LogP contribution is -2.25. The van der Waals surface area contributed by atoms with Crippen molar-refractivity contribution < 1.29 is 4.79 Å². The van der Waals surface area contributed by atoms with Crippen LogP contribution in [-0.2, 0) is 11.3 Å². The number of amides is 1. The summed E-state index contributed by atoms with van der Waals surface area (Å²) >= 11 is 0. The summed E-state index contributed by atoms with van der Waals surface area (Å²) in [6.45, 7) is 6.34. The number of rotatable bonds is 6. The minimum absolute atomic E-state index is 0.00819. The third-order valence-electron chi connectivity index (χ3n) is 5.11. The molecule has 6 heteroatoms. The van der Waals surface area contributed by atoms with Gasteiger partial charge in [0.25, 0.3) is 0 Å². The molecule has 6 nitrogen and oxygen atoms in total. The Hall–Kier alpha value is -1.95. The van der Waals surface area contributed by atoms with Crippen molar-refractivity contribution in [2.24, 2.45) is 5.92 Å². The van der Waals surface area contributed by atoms with Crippen molar-refractivity contribution in [3.8, 4) is 0 Å². The molecule has 1 N–H and O–H groups in total. The van der Waals surface area contributed by atoms with Crippen LogP contribution in [0, 0.1) is 5.92 Å². The van der Waals surface area contributed by atoms with E-state index in [1.807, 2.05) is 16.9 Å². The van der Waals surface area contributed by atoms with Crippen LogP contribution >= 0.6 is 0 Å². The van der Waals surface area contributed by atoms with Crippen LogP contribution in [0.1, 0.15) is 37.8 Å². The lowest BCUT2D eigenvalue weighted by atomic mass is 10.0. The second-order valence-electron chi connectivity index (χ2n) is 7.15. The largest absolute Gasteiger partial charge is 0.354 e. The highest BCUT2D eigenvalue weighted by Crippen LogP contribution is 2.35. The number of nitrogens with one attached hydrogen (secondary N) is 1. The number of nitrogens with zero attached hydrogens (tertiary/aromatic N) is 4. The third kappa shape index (κ3) is 3.29. The van der Waals surface area contributed by atoms with Crippen LogP contribution < -0.4 is 5.32 Å². The number of pyridine rings is 1. The monoisotopic (exact) mass is 327 g/mol. The molecule has 3 heterocycles. The van der Waals surface area contributed by atoms with Crippen LogP contribution in [-0.4, -0.2) is 51.8 Å². The van der Waals surface area contributed by atoms with Crippen molar-refractivity contribution in [3.05, 3.63) is 24.0 Å². The van der Waals surface area contributed by atoms with Gasteiger partial charge < -0.3 is 10.2 Å². The van der Waals surface area contributed by atoms with Gasteiger partial charge in [-0.05, 0) is 43.9 Å². The van der Waals surface area contributed by atoms with Gasteiger partial charge >= 0.3 is 0 Å². The summed E-state index contributed by atoms with van der Waals surface area (Å²) in [5.74, 6) is 1.43. The summed E-state index contributed by atoms with van der Waals surface area (Å²) in [6.07, 6.45) is 5.81. The molecule has 0 spiro atoms. The lowest BCUT2D eigenvalue weighted by molar-refractivity contribution is -0.118. The number of carbonyl (C=O) groups excluding carboxylic acids is 1. The van der Waals surface area contributed by atoms with Gasteiger partial charge in [-0.25, -0.2) is 9.67 Å². The molecule has 2 aromatic heterocycles. The van der Waals surface area contributed by atoms with Crippen molar-refractivity contribution >= 4 is 16.9 Å². The van der Waals surface area contributed by atoms with E-state index in [0.717, 1.165) is 18.1 Å². The Labute approximate surface area is 142 Å². The van der Waals surface area contributed by atoms with Gasteiger partial charge in [-0.3, -0.25) is 4.79 Å². The maximum atomic E-state index is 11.1. The van der Waals surface area contributed by atoms with E-state index < -0.39 is 0 Å². The number of likely N-dealkylation sites (tertiary alicyclic amines) is 1. The van der Waals surface area contributed by atoms with Crippen molar-refractivity contribution in [1.82, 2.24) is 25.0 Å². The molecule has 0 aromatic carbocycles. The number of aromatic nitrogens is 3. The highest BCUT2D eigenvalue weighted by molar-refractivity contribution is 5.79. The fourth-order valence-electron chi connectivity index (χ4n) is 3.72. The van der Waals surface area contributed by atoms with Gasteiger partial charge in [0.2, 0.25) is 5.91 Å². The number of carbonyl (C=O) groups is 1. The number of hydrogen-bond acceptors (Lipinski definition) is 4. The maximum Gasteiger partial charge on any atom is 0.216 e. The average Bonchev–Trinajstić information content (AvgIpc) is 3.13. The first kappa shape index (κ1) is 15.6. The van der Waals surface area contributed by atoms with Crippen molar-refractivity contribution in [2.75, 3.05) is 26.2 Å². The van der Waals surface area contributed by atoms with Gasteiger partial charge in [0.1, 0.15) is 0 Å². The summed E-state index contributed by atoms with van der Waals surface area (Å²) in [6, 6.07) is 4.12. The van der Waals surface area contributed by atoms with Crippen LogP contribution in [0.4, 0.5) is 0 Å². The molecule has 1 saturated heterocycles. The van der Waals surface area contributed by atoms with Crippen molar-refractivity contribution in [3.63, 3.8) is 0 Å². The maximum absolute atomic E-state index is 11.1. The van der Waals surface area contributed by atoms with E-state index in [1.54, 1.807) is 0 Å². The van der Waals surface area contributed by atoms with E-state index in [4.69, 9.17) is 5.10 Å². The molecule has 1 aliphatic heterocycles. The molecule has 2 fully saturated rings. The van der Waals surface area contributed by atoms with E-state index in [9.17, 15) is 4.79 Å². The standard InChI is InChI=1S/C18H25N5O/c1-13(24)19-8-10-23-18-16(3-2-7-20-18)17(21-23)15-6-9-22(12-15)11-14-4-5-14/h2-3,7,14-15H,4-6,8-12H2,1H3,(H,19,24). The van der Waals surface area contributed by atoms with E-state index in [1.165, 1.54) is 50.4 Å². The van der Waals surface area contributed by atoms with Crippen molar-refractivity contribution in [1.29, 1.82) is 0 Å². The Morgan fingerprint density at radius 2 is 2.25 bits per heavy atom. The van der Waals surface area contributed by atoms with Crippen LogP contribution in [0.3, 0.4) is 0 Å². The Morgan fingerprint density at radius 1 is 1.38 bits per heavy atom. The average molecular weight is 327 g/mol. The molecule has 128 valence electrons. The van der Waals surface area contributed by atoms with Gasteiger partial charge in [0, 0.05) is 44.1 Å². The molecule has 1 amide bonds. The summed E-state index contributed by atoms with van der Waals surface area (Å²) < 4.78 is 1.95. The fraction of sp³-hybridized carbons (Fsp3) is 0.611. The summed E-state index contributed by atoms with van der Waals surface area (Å²) in [7, 11) is 0.